The monoisotopic (exact) mass is 156 g/mol. The average molecular weight is 156 g/mol. The number of alkyl halides is 1. The Hall–Kier alpha value is 0.400. The van der Waals surface area contributed by atoms with Crippen LogP contribution in [-0.4, -0.2) is 12.1 Å². The first-order chi connectivity index (χ1) is 4.13. The van der Waals surface area contributed by atoms with Crippen LogP contribution in [0.5, 0.6) is 0 Å². The van der Waals surface area contributed by atoms with Crippen molar-refractivity contribution in [2.45, 2.75) is 32.4 Å². The van der Waals surface area contributed by atoms with E-state index in [-0.39, 0.29) is 36.0 Å². The van der Waals surface area contributed by atoms with Crippen molar-refractivity contribution in [1.82, 2.24) is 0 Å². The number of carboxylic acids is 1. The van der Waals surface area contributed by atoms with Gasteiger partial charge in [0.25, 0.3) is 0 Å². The molecule has 0 bridgehead atoms. The molecule has 0 aliphatic carbocycles. The minimum atomic E-state index is -1.10. The van der Waals surface area contributed by atoms with E-state index in [1.807, 2.05) is 0 Å². The fraction of sp³-hybridized carbons (Fsp3) is 0.833. The van der Waals surface area contributed by atoms with E-state index in [9.17, 15) is 14.3 Å². The fourth-order valence-electron chi connectivity index (χ4n) is 0.528. The maximum Gasteiger partial charge on any atom is 1.00 e. The zero-order valence-electron chi connectivity index (χ0n) is 6.39. The molecule has 0 amide bonds. The quantitative estimate of drug-likeness (QED) is 0.414. The zero-order chi connectivity index (χ0) is 7.28. The predicted octanol–water partition coefficient (Wildman–Crippen LogP) is -2.73. The molecule has 10 heavy (non-hydrogen) atoms. The predicted molar refractivity (Wildman–Crippen MR) is 29.4 cm³/mol. The first-order valence-electron chi connectivity index (χ1n) is 2.97. The van der Waals surface area contributed by atoms with Gasteiger partial charge in [-0.15, -0.1) is 0 Å². The molecule has 0 saturated heterocycles. The third-order valence-corrected chi connectivity index (χ3v) is 0.983. The van der Waals surface area contributed by atoms with Crippen LogP contribution in [0.15, 0.2) is 0 Å². The molecule has 1 atom stereocenters. The molecular formula is C6H10FNaO2. The number of halogens is 1. The molecule has 0 aliphatic heterocycles. The van der Waals surface area contributed by atoms with Gasteiger partial charge in [0.2, 0.25) is 0 Å². The van der Waals surface area contributed by atoms with E-state index in [0.29, 0.717) is 12.8 Å². The summed E-state index contributed by atoms with van der Waals surface area (Å²) in [5.41, 5.74) is 0. The number of carbonyl (C=O) groups is 1. The van der Waals surface area contributed by atoms with Crippen LogP contribution in [0.25, 0.3) is 0 Å². The van der Waals surface area contributed by atoms with Crippen LogP contribution in [0.4, 0.5) is 4.39 Å². The second-order valence-corrected chi connectivity index (χ2v) is 2.05. The summed E-state index contributed by atoms with van der Waals surface area (Å²) in [5, 5.41) is 9.75. The molecule has 54 valence electrons. The molecule has 0 fully saturated rings. The van der Waals surface area contributed by atoms with Gasteiger partial charge in [0, 0.05) is 5.97 Å². The fourth-order valence-corrected chi connectivity index (χ4v) is 0.528. The van der Waals surface area contributed by atoms with Gasteiger partial charge >= 0.3 is 29.6 Å². The Morgan fingerprint density at radius 1 is 1.70 bits per heavy atom. The summed E-state index contributed by atoms with van der Waals surface area (Å²) >= 11 is 0. The molecule has 0 aromatic rings. The number of aliphatic carboxylic acids is 1. The molecule has 4 heteroatoms. The van der Waals surface area contributed by atoms with E-state index in [2.05, 4.69) is 0 Å². The van der Waals surface area contributed by atoms with Gasteiger partial charge in [-0.2, -0.15) is 0 Å². The third-order valence-electron chi connectivity index (χ3n) is 0.983. The number of hydrogen-bond acceptors (Lipinski definition) is 2. The second kappa shape index (κ2) is 7.51. The van der Waals surface area contributed by atoms with Gasteiger partial charge in [0.05, 0.1) is 6.17 Å². The minimum Gasteiger partial charge on any atom is -0.550 e. The van der Waals surface area contributed by atoms with Crippen LogP contribution in [0, 0.1) is 0 Å². The number of carboxylic acid groups (broad SMARTS) is 1. The van der Waals surface area contributed by atoms with E-state index in [1.54, 1.807) is 0 Å². The van der Waals surface area contributed by atoms with Crippen LogP contribution in [0.1, 0.15) is 26.2 Å². The Morgan fingerprint density at radius 3 is 2.50 bits per heavy atom. The van der Waals surface area contributed by atoms with Gasteiger partial charge in [-0.1, -0.05) is 0 Å². The van der Waals surface area contributed by atoms with Crippen molar-refractivity contribution in [3.8, 4) is 0 Å². The molecule has 2 nitrogen and oxygen atoms in total. The Bertz CT molecular complexity index is 95.7. The largest absolute Gasteiger partial charge is 1.00 e. The van der Waals surface area contributed by atoms with Crippen LogP contribution < -0.4 is 34.7 Å². The minimum absolute atomic E-state index is 0. The Balaban J connectivity index is 0. The van der Waals surface area contributed by atoms with Gasteiger partial charge in [0.1, 0.15) is 0 Å². The van der Waals surface area contributed by atoms with E-state index < -0.39 is 12.1 Å². The van der Waals surface area contributed by atoms with Gasteiger partial charge in [-0.3, -0.25) is 0 Å². The first-order valence-corrected chi connectivity index (χ1v) is 2.97. The van der Waals surface area contributed by atoms with Crippen LogP contribution in [0.2, 0.25) is 0 Å². The molecule has 0 rings (SSSR count). The average Bonchev–Trinajstić information content (AvgIpc) is 1.63. The van der Waals surface area contributed by atoms with Gasteiger partial charge in [0.15, 0.2) is 0 Å². The standard InChI is InChI=1S/C6H11FO2.Na/c1-5(7)3-2-4-6(8)9;/h5H,2-4H2,1H3,(H,8,9);/q;+1/p-1. The van der Waals surface area contributed by atoms with E-state index in [0.717, 1.165) is 0 Å². The molecule has 1 unspecified atom stereocenters. The normalized spacial score (nSPS) is 11.8. The topological polar surface area (TPSA) is 40.1 Å². The molecule has 0 N–H and O–H groups in total. The number of rotatable bonds is 4. The summed E-state index contributed by atoms with van der Waals surface area (Å²) in [6.45, 7) is 1.41. The van der Waals surface area contributed by atoms with Gasteiger partial charge in [-0.25, -0.2) is 4.39 Å². The SMILES string of the molecule is CC(F)CCCC(=O)[O-].[Na+]. The summed E-state index contributed by atoms with van der Waals surface area (Å²) in [5.74, 6) is -1.10. The molecule has 0 aromatic heterocycles. The maximum absolute atomic E-state index is 11.9. The van der Waals surface area contributed by atoms with E-state index >= 15 is 0 Å². The van der Waals surface area contributed by atoms with Crippen molar-refractivity contribution < 1.29 is 43.8 Å². The third kappa shape index (κ3) is 11.2. The van der Waals surface area contributed by atoms with Crippen molar-refractivity contribution in [2.24, 2.45) is 0 Å². The maximum atomic E-state index is 11.9. The first kappa shape index (κ1) is 13.0. The summed E-state index contributed by atoms with van der Waals surface area (Å²) < 4.78 is 11.9. The van der Waals surface area contributed by atoms with Crippen molar-refractivity contribution in [1.29, 1.82) is 0 Å². The second-order valence-electron chi connectivity index (χ2n) is 2.05. The molecule has 0 aliphatic rings. The Kier molecular flexibility index (Phi) is 9.78. The van der Waals surface area contributed by atoms with Crippen LogP contribution >= 0.6 is 0 Å². The van der Waals surface area contributed by atoms with Crippen LogP contribution in [-0.2, 0) is 4.79 Å². The summed E-state index contributed by atoms with van der Waals surface area (Å²) in [7, 11) is 0. The van der Waals surface area contributed by atoms with Crippen LogP contribution in [0.3, 0.4) is 0 Å². The van der Waals surface area contributed by atoms with Crippen molar-refractivity contribution in [3.63, 3.8) is 0 Å². The molecule has 0 radical (unpaired) electrons. The van der Waals surface area contributed by atoms with Gasteiger partial charge in [-0.05, 0) is 26.2 Å². The Labute approximate surface area is 82.1 Å². The molecule has 0 aromatic carbocycles. The van der Waals surface area contributed by atoms with Gasteiger partial charge < -0.3 is 9.90 Å². The number of hydrogen-bond donors (Lipinski definition) is 0. The Morgan fingerprint density at radius 2 is 2.20 bits per heavy atom. The smallest absolute Gasteiger partial charge is 0.550 e. The molecule has 0 heterocycles. The summed E-state index contributed by atoms with van der Waals surface area (Å²) in [4.78, 5) is 9.75. The van der Waals surface area contributed by atoms with Crippen molar-refractivity contribution in [3.05, 3.63) is 0 Å². The molecular weight excluding hydrogens is 146 g/mol. The summed E-state index contributed by atoms with van der Waals surface area (Å²) in [6, 6.07) is 0. The molecule has 0 saturated carbocycles. The summed E-state index contributed by atoms with van der Waals surface area (Å²) in [6.07, 6.45) is -0.244. The van der Waals surface area contributed by atoms with Crippen molar-refractivity contribution >= 4 is 5.97 Å². The van der Waals surface area contributed by atoms with E-state index in [4.69, 9.17) is 0 Å². The van der Waals surface area contributed by atoms with Crippen molar-refractivity contribution in [2.75, 3.05) is 0 Å². The van der Waals surface area contributed by atoms with E-state index in [1.165, 1.54) is 6.92 Å². The zero-order valence-corrected chi connectivity index (χ0v) is 8.39. The molecule has 0 spiro atoms. The number of carbonyl (C=O) groups excluding carboxylic acids is 1.